The van der Waals surface area contributed by atoms with E-state index < -0.39 is 36.4 Å². The fourth-order valence-corrected chi connectivity index (χ4v) is 0.684. The number of aliphatic carboxylic acids is 3. The first-order valence-electron chi connectivity index (χ1n) is 3.11. The molecule has 0 aromatic carbocycles. The molecule has 0 bridgehead atoms. The summed E-state index contributed by atoms with van der Waals surface area (Å²) in [7, 11) is 0. The van der Waals surface area contributed by atoms with E-state index >= 15 is 0 Å². The molecule has 0 saturated carbocycles. The molecule has 0 aromatic rings. The molecule has 0 unspecified atom stereocenters. The average molecular weight is 335 g/mol. The molecule has 0 aliphatic rings. The summed E-state index contributed by atoms with van der Waals surface area (Å²) < 4.78 is 0. The van der Waals surface area contributed by atoms with Crippen LogP contribution in [0.5, 0.6) is 0 Å². The molecule has 0 rings (SSSR count). The number of carbonyl (C=O) groups excluding carboxylic acids is 3. The standard InChI is InChI=1S/C6H8O7.Fe.5H2O/c7-3(8)1-6(13,5(11)12)2-4(9)10;;;;;;/h13H,1-2H2,(H,7,8)(H,9,10)(H,11,12);;5*1H2/q;+3;;;;;/p-3. The molecule has 0 aliphatic heterocycles. The Balaban J connectivity index is -0.0000000480. The van der Waals surface area contributed by atoms with Crippen molar-refractivity contribution in [2.45, 2.75) is 18.4 Å². The molecule has 0 saturated heterocycles. The quantitative estimate of drug-likeness (QED) is 0.472. The van der Waals surface area contributed by atoms with E-state index in [1.54, 1.807) is 0 Å². The van der Waals surface area contributed by atoms with Crippen molar-refractivity contribution in [2.24, 2.45) is 0 Å². The van der Waals surface area contributed by atoms with Crippen LogP contribution in [0, 0.1) is 0 Å². The minimum atomic E-state index is -2.97. The Morgan fingerprint density at radius 3 is 1.11 bits per heavy atom. The SMILES string of the molecule is O.O.O.O.O.O=C([O-])CC(O)(CC(=O)[O-])C(=O)[O-].[Fe+3]. The molecule has 1 radical (unpaired) electrons. The van der Waals surface area contributed by atoms with Gasteiger partial charge in [-0.3, -0.25) is 0 Å². The first-order chi connectivity index (χ1) is 5.78. The molecule has 19 heavy (non-hydrogen) atoms. The third-order valence-corrected chi connectivity index (χ3v) is 1.25. The van der Waals surface area contributed by atoms with Crippen LogP contribution in [0.3, 0.4) is 0 Å². The summed E-state index contributed by atoms with van der Waals surface area (Å²) in [4.78, 5) is 30.0. The second kappa shape index (κ2) is 16.7. The van der Waals surface area contributed by atoms with Gasteiger partial charge in [0.2, 0.25) is 0 Å². The molecule has 0 fully saturated rings. The van der Waals surface area contributed by atoms with Crippen LogP contribution in [0.1, 0.15) is 12.8 Å². The van der Waals surface area contributed by atoms with E-state index in [9.17, 15) is 29.7 Å². The normalized spacial score (nSPS) is 7.42. The maximum atomic E-state index is 10.1. The van der Waals surface area contributed by atoms with Crippen LogP contribution in [-0.2, 0) is 31.5 Å². The number of carboxylic acids is 3. The molecule has 0 atom stereocenters. The molecular formula is C6H15FeO12. The summed E-state index contributed by atoms with van der Waals surface area (Å²) in [5.41, 5.74) is -2.97. The maximum Gasteiger partial charge on any atom is 3.00 e. The number of aliphatic hydroxyl groups is 1. The Morgan fingerprint density at radius 1 is 0.789 bits per heavy atom. The van der Waals surface area contributed by atoms with Crippen LogP contribution in [0.2, 0.25) is 0 Å². The van der Waals surface area contributed by atoms with Crippen molar-refractivity contribution in [1.82, 2.24) is 0 Å². The topological polar surface area (TPSA) is 298 Å². The summed E-state index contributed by atoms with van der Waals surface area (Å²) >= 11 is 0. The molecule has 119 valence electrons. The predicted octanol–water partition coefficient (Wildman–Crippen LogP) is -9.38. The number of hydrogen-bond donors (Lipinski definition) is 1. The van der Waals surface area contributed by atoms with E-state index in [2.05, 4.69) is 0 Å². The van der Waals surface area contributed by atoms with Gasteiger partial charge in [-0.15, -0.1) is 0 Å². The van der Waals surface area contributed by atoms with Gasteiger partial charge < -0.3 is 62.2 Å². The van der Waals surface area contributed by atoms with Crippen molar-refractivity contribution in [1.29, 1.82) is 0 Å². The van der Waals surface area contributed by atoms with Crippen molar-refractivity contribution >= 4 is 17.9 Å². The number of rotatable bonds is 5. The van der Waals surface area contributed by atoms with Crippen LogP contribution < -0.4 is 15.3 Å². The minimum absolute atomic E-state index is 0. The number of carbonyl (C=O) groups is 3. The maximum absolute atomic E-state index is 10.1. The molecule has 13 heteroatoms. The van der Waals surface area contributed by atoms with E-state index in [0.29, 0.717) is 0 Å². The van der Waals surface area contributed by atoms with Crippen LogP contribution in [0.25, 0.3) is 0 Å². The monoisotopic (exact) mass is 335 g/mol. The molecule has 0 aromatic heterocycles. The second-order valence-electron chi connectivity index (χ2n) is 2.42. The average Bonchev–Trinajstić information content (AvgIpc) is 1.82. The molecule has 0 heterocycles. The van der Waals surface area contributed by atoms with Crippen molar-refractivity contribution < 1.29 is 79.3 Å². The van der Waals surface area contributed by atoms with E-state index in [1.165, 1.54) is 0 Å². The largest absolute Gasteiger partial charge is 3.00 e. The van der Waals surface area contributed by atoms with Gasteiger partial charge in [0.15, 0.2) is 0 Å². The third kappa shape index (κ3) is 16.7. The summed E-state index contributed by atoms with van der Waals surface area (Å²) in [6.07, 6.45) is -2.72. The molecule has 0 spiro atoms. The first-order valence-corrected chi connectivity index (χ1v) is 3.11. The van der Waals surface area contributed by atoms with E-state index in [4.69, 9.17) is 5.11 Å². The van der Waals surface area contributed by atoms with E-state index in [0.717, 1.165) is 0 Å². The van der Waals surface area contributed by atoms with Crippen molar-refractivity contribution in [3.63, 3.8) is 0 Å². The zero-order valence-corrected chi connectivity index (χ0v) is 10.3. The molecule has 0 aliphatic carbocycles. The smallest absolute Gasteiger partial charge is 0.550 e. The Morgan fingerprint density at radius 2 is 1.00 bits per heavy atom. The van der Waals surface area contributed by atoms with Gasteiger partial charge in [-0.25, -0.2) is 0 Å². The zero-order chi connectivity index (χ0) is 10.6. The number of hydrogen-bond acceptors (Lipinski definition) is 7. The number of carboxylic acid groups (broad SMARTS) is 3. The van der Waals surface area contributed by atoms with Crippen LogP contribution in [0.15, 0.2) is 0 Å². The molecule has 11 N–H and O–H groups in total. The van der Waals surface area contributed by atoms with Crippen LogP contribution >= 0.6 is 0 Å². The van der Waals surface area contributed by atoms with Crippen LogP contribution in [-0.4, -0.2) is 56.0 Å². The van der Waals surface area contributed by atoms with Gasteiger partial charge >= 0.3 is 17.1 Å². The third-order valence-electron chi connectivity index (χ3n) is 1.25. The Kier molecular flexibility index (Phi) is 37.9. The van der Waals surface area contributed by atoms with Gasteiger partial charge in [0, 0.05) is 24.8 Å². The minimum Gasteiger partial charge on any atom is -0.550 e. The summed E-state index contributed by atoms with van der Waals surface area (Å²) in [5.74, 6) is -5.98. The van der Waals surface area contributed by atoms with Gasteiger partial charge in [0.1, 0.15) is 5.60 Å². The van der Waals surface area contributed by atoms with Gasteiger partial charge in [0.25, 0.3) is 0 Å². The first kappa shape index (κ1) is 43.1. The van der Waals surface area contributed by atoms with Gasteiger partial charge in [-0.2, -0.15) is 0 Å². The van der Waals surface area contributed by atoms with Crippen molar-refractivity contribution in [3.05, 3.63) is 0 Å². The molecule has 0 amide bonds. The van der Waals surface area contributed by atoms with Gasteiger partial charge in [-0.1, -0.05) is 0 Å². The fraction of sp³-hybridized carbons (Fsp3) is 0.500. The van der Waals surface area contributed by atoms with Crippen molar-refractivity contribution in [3.8, 4) is 0 Å². The Hall–Kier alpha value is -1.31. The van der Waals surface area contributed by atoms with Gasteiger partial charge in [0.05, 0.1) is 5.97 Å². The molecular weight excluding hydrogens is 320 g/mol. The zero-order valence-electron chi connectivity index (χ0n) is 9.16. The summed E-state index contributed by atoms with van der Waals surface area (Å²) in [6, 6.07) is 0. The predicted molar refractivity (Wildman–Crippen MR) is 47.3 cm³/mol. The fourth-order valence-electron chi connectivity index (χ4n) is 0.684. The summed E-state index contributed by atoms with van der Waals surface area (Å²) in [6.45, 7) is 0. The van der Waals surface area contributed by atoms with E-state index in [1.807, 2.05) is 0 Å². The van der Waals surface area contributed by atoms with E-state index in [-0.39, 0.29) is 44.4 Å². The Labute approximate surface area is 116 Å². The Bertz CT molecular complexity index is 237. The second-order valence-corrected chi connectivity index (χ2v) is 2.42. The van der Waals surface area contributed by atoms with Crippen molar-refractivity contribution in [2.75, 3.05) is 0 Å². The van der Waals surface area contributed by atoms with Gasteiger partial charge in [-0.05, 0) is 0 Å². The summed E-state index contributed by atoms with van der Waals surface area (Å²) in [5, 5.41) is 38.9. The van der Waals surface area contributed by atoms with Crippen LogP contribution in [0.4, 0.5) is 0 Å². The molecule has 12 nitrogen and oxygen atoms in total.